The van der Waals surface area contributed by atoms with Crippen LogP contribution in [0.1, 0.15) is 23.6 Å². The second-order valence-electron chi connectivity index (χ2n) is 5.01. The number of rotatable bonds is 5. The van der Waals surface area contributed by atoms with Crippen LogP contribution in [0, 0.1) is 0 Å². The molecule has 0 saturated heterocycles. The minimum Gasteiger partial charge on any atom is -0.324 e. The van der Waals surface area contributed by atoms with Crippen molar-refractivity contribution in [1.82, 2.24) is 9.78 Å². The molecule has 1 aromatic heterocycles. The van der Waals surface area contributed by atoms with Gasteiger partial charge >= 0.3 is 0 Å². The summed E-state index contributed by atoms with van der Waals surface area (Å²) in [5, 5.41) is 4.12. The highest BCUT2D eigenvalue weighted by molar-refractivity contribution is 7.90. The van der Waals surface area contributed by atoms with Crippen LogP contribution < -0.4 is 5.73 Å². The van der Waals surface area contributed by atoms with Gasteiger partial charge in [0.25, 0.3) is 0 Å². The SMILES string of the molecule is Cn1cc(CCC(N)c2ccc(S(C)(=O)=O)cc2)cn1. The molecular weight excluding hydrogens is 274 g/mol. The maximum Gasteiger partial charge on any atom is 0.175 e. The lowest BCUT2D eigenvalue weighted by Gasteiger charge is -2.11. The van der Waals surface area contributed by atoms with Gasteiger partial charge in [-0.3, -0.25) is 4.68 Å². The highest BCUT2D eigenvalue weighted by Gasteiger charge is 2.10. The summed E-state index contributed by atoms with van der Waals surface area (Å²) in [5.41, 5.74) is 8.23. The number of sulfone groups is 1. The Morgan fingerprint density at radius 3 is 2.45 bits per heavy atom. The normalized spacial score (nSPS) is 13.3. The van der Waals surface area contributed by atoms with Crippen LogP contribution in [-0.2, 0) is 23.3 Å². The lowest BCUT2D eigenvalue weighted by molar-refractivity contribution is 0.601. The summed E-state index contributed by atoms with van der Waals surface area (Å²) in [6.07, 6.45) is 6.65. The summed E-state index contributed by atoms with van der Waals surface area (Å²) in [4.78, 5) is 0.320. The molecular formula is C14H19N3O2S. The molecule has 0 radical (unpaired) electrons. The second kappa shape index (κ2) is 5.76. The average Bonchev–Trinajstić information content (AvgIpc) is 2.81. The van der Waals surface area contributed by atoms with Crippen molar-refractivity contribution in [3.05, 3.63) is 47.8 Å². The Kier molecular flexibility index (Phi) is 4.25. The fraction of sp³-hybridized carbons (Fsp3) is 0.357. The van der Waals surface area contributed by atoms with E-state index in [1.54, 1.807) is 28.9 Å². The van der Waals surface area contributed by atoms with Crippen molar-refractivity contribution in [2.24, 2.45) is 12.8 Å². The molecule has 0 saturated carbocycles. The Bertz CT molecular complexity index is 675. The third kappa shape index (κ3) is 3.68. The second-order valence-corrected chi connectivity index (χ2v) is 7.02. The summed E-state index contributed by atoms with van der Waals surface area (Å²) >= 11 is 0. The first kappa shape index (κ1) is 14.7. The largest absolute Gasteiger partial charge is 0.324 e. The number of aryl methyl sites for hydroxylation is 2. The van der Waals surface area contributed by atoms with Crippen LogP contribution in [0.3, 0.4) is 0 Å². The van der Waals surface area contributed by atoms with Crippen LogP contribution in [-0.4, -0.2) is 24.5 Å². The third-order valence-electron chi connectivity index (χ3n) is 3.24. The molecule has 1 heterocycles. The summed E-state index contributed by atoms with van der Waals surface area (Å²) in [6, 6.07) is 6.67. The van der Waals surface area contributed by atoms with Gasteiger partial charge in [-0.1, -0.05) is 12.1 Å². The molecule has 1 atom stereocenters. The van der Waals surface area contributed by atoms with Gasteiger partial charge in [-0.15, -0.1) is 0 Å². The molecule has 108 valence electrons. The molecule has 0 aliphatic heterocycles. The standard InChI is InChI=1S/C14H19N3O2S/c1-17-10-11(9-16-17)3-8-14(15)12-4-6-13(7-5-12)20(2,18)19/h4-7,9-10,14H,3,8,15H2,1-2H3. The number of nitrogens with two attached hydrogens (primary N) is 1. The highest BCUT2D eigenvalue weighted by Crippen LogP contribution is 2.19. The molecule has 1 unspecified atom stereocenters. The van der Waals surface area contributed by atoms with Crippen LogP contribution in [0.25, 0.3) is 0 Å². The van der Waals surface area contributed by atoms with Crippen molar-refractivity contribution in [2.75, 3.05) is 6.26 Å². The molecule has 0 fully saturated rings. The van der Waals surface area contributed by atoms with Gasteiger partial charge in [-0.25, -0.2) is 8.42 Å². The van der Waals surface area contributed by atoms with Crippen LogP contribution in [0.5, 0.6) is 0 Å². The van der Waals surface area contributed by atoms with E-state index in [1.807, 2.05) is 19.4 Å². The van der Waals surface area contributed by atoms with Crippen LogP contribution in [0.2, 0.25) is 0 Å². The molecule has 2 aromatic rings. The fourth-order valence-electron chi connectivity index (χ4n) is 2.05. The van der Waals surface area contributed by atoms with Crippen molar-refractivity contribution >= 4 is 9.84 Å². The molecule has 0 aliphatic carbocycles. The Balaban J connectivity index is 2.00. The van der Waals surface area contributed by atoms with E-state index < -0.39 is 9.84 Å². The Labute approximate surface area is 119 Å². The molecule has 2 rings (SSSR count). The minimum atomic E-state index is -3.15. The first-order valence-corrected chi connectivity index (χ1v) is 8.28. The molecule has 2 N–H and O–H groups in total. The summed E-state index contributed by atoms with van der Waals surface area (Å²) < 4.78 is 24.5. The zero-order chi connectivity index (χ0) is 14.8. The molecule has 0 bridgehead atoms. The van der Waals surface area contributed by atoms with Crippen molar-refractivity contribution in [3.63, 3.8) is 0 Å². The first-order chi connectivity index (χ1) is 9.36. The van der Waals surface area contributed by atoms with Crippen molar-refractivity contribution < 1.29 is 8.42 Å². The van der Waals surface area contributed by atoms with Gasteiger partial charge in [0, 0.05) is 25.5 Å². The van der Waals surface area contributed by atoms with E-state index in [1.165, 1.54) is 6.26 Å². The van der Waals surface area contributed by atoms with Gasteiger partial charge < -0.3 is 5.73 Å². The molecule has 0 amide bonds. The highest BCUT2D eigenvalue weighted by atomic mass is 32.2. The maximum atomic E-state index is 11.4. The monoisotopic (exact) mass is 293 g/mol. The molecule has 5 nitrogen and oxygen atoms in total. The van der Waals surface area contributed by atoms with Gasteiger partial charge in [0.15, 0.2) is 9.84 Å². The van der Waals surface area contributed by atoms with Gasteiger partial charge in [0.05, 0.1) is 11.1 Å². The Morgan fingerprint density at radius 2 is 1.95 bits per heavy atom. The van der Waals surface area contributed by atoms with E-state index in [0.29, 0.717) is 4.90 Å². The van der Waals surface area contributed by atoms with Crippen molar-refractivity contribution in [1.29, 1.82) is 0 Å². The average molecular weight is 293 g/mol. The van der Waals surface area contributed by atoms with E-state index in [-0.39, 0.29) is 6.04 Å². The zero-order valence-electron chi connectivity index (χ0n) is 11.7. The van der Waals surface area contributed by atoms with E-state index >= 15 is 0 Å². The molecule has 6 heteroatoms. The summed E-state index contributed by atoms with van der Waals surface area (Å²) in [7, 11) is -1.27. The lowest BCUT2D eigenvalue weighted by atomic mass is 10.0. The third-order valence-corrected chi connectivity index (χ3v) is 4.37. The quantitative estimate of drug-likeness (QED) is 0.905. The van der Waals surface area contributed by atoms with E-state index in [0.717, 1.165) is 24.0 Å². The van der Waals surface area contributed by atoms with Crippen LogP contribution in [0.15, 0.2) is 41.6 Å². The molecule has 1 aromatic carbocycles. The molecule has 20 heavy (non-hydrogen) atoms. The Morgan fingerprint density at radius 1 is 1.30 bits per heavy atom. The Hall–Kier alpha value is -1.66. The van der Waals surface area contributed by atoms with E-state index in [2.05, 4.69) is 5.10 Å². The minimum absolute atomic E-state index is 0.108. The van der Waals surface area contributed by atoms with Gasteiger partial charge in [-0.05, 0) is 36.1 Å². The van der Waals surface area contributed by atoms with Crippen molar-refractivity contribution in [3.8, 4) is 0 Å². The number of hydrogen-bond acceptors (Lipinski definition) is 4. The lowest BCUT2D eigenvalue weighted by Crippen LogP contribution is -2.11. The number of nitrogens with zero attached hydrogens (tertiary/aromatic N) is 2. The zero-order valence-corrected chi connectivity index (χ0v) is 12.5. The van der Waals surface area contributed by atoms with Crippen molar-refractivity contribution in [2.45, 2.75) is 23.8 Å². The summed E-state index contributed by atoms with van der Waals surface area (Å²) in [6.45, 7) is 0. The number of benzene rings is 1. The van der Waals surface area contributed by atoms with Crippen LogP contribution in [0.4, 0.5) is 0 Å². The number of hydrogen-bond donors (Lipinski definition) is 1. The van der Waals surface area contributed by atoms with Gasteiger partial charge in [0.1, 0.15) is 0 Å². The predicted octanol–water partition coefficient (Wildman–Crippen LogP) is 1.46. The molecule has 0 aliphatic rings. The van der Waals surface area contributed by atoms with Gasteiger partial charge in [-0.2, -0.15) is 5.10 Å². The topological polar surface area (TPSA) is 78.0 Å². The van der Waals surface area contributed by atoms with E-state index in [9.17, 15) is 8.42 Å². The fourth-order valence-corrected chi connectivity index (χ4v) is 2.68. The molecule has 0 spiro atoms. The van der Waals surface area contributed by atoms with Gasteiger partial charge in [0.2, 0.25) is 0 Å². The van der Waals surface area contributed by atoms with Crippen LogP contribution >= 0.6 is 0 Å². The predicted molar refractivity (Wildman–Crippen MR) is 78.0 cm³/mol. The number of aromatic nitrogens is 2. The maximum absolute atomic E-state index is 11.4. The van der Waals surface area contributed by atoms with E-state index in [4.69, 9.17) is 5.73 Å². The first-order valence-electron chi connectivity index (χ1n) is 6.39. The summed E-state index contributed by atoms with van der Waals surface area (Å²) in [5.74, 6) is 0. The smallest absolute Gasteiger partial charge is 0.175 e.